The Hall–Kier alpha value is -3.71. The number of halogens is 1. The van der Waals surface area contributed by atoms with Crippen LogP contribution in [0.25, 0.3) is 11.1 Å². The average Bonchev–Trinajstić information content (AvgIpc) is 3.35. The lowest BCUT2D eigenvalue weighted by atomic mass is 9.76. The minimum absolute atomic E-state index is 0.471. The molecule has 172 valence electrons. The van der Waals surface area contributed by atoms with Crippen LogP contribution in [0.4, 0.5) is 5.69 Å². The molecule has 0 aliphatic heterocycles. The molecule has 4 nitrogen and oxygen atoms in total. The van der Waals surface area contributed by atoms with Crippen molar-refractivity contribution in [2.24, 2.45) is 7.05 Å². The number of rotatable bonds is 7. The minimum atomic E-state index is -0.652. The SMILES string of the molecule is Cn1cc(-c2ccc(NC(c3ccccc3)(c3ccccc3)c3ccccc3)c(C(=N)I)c2)cn1. The summed E-state index contributed by atoms with van der Waals surface area (Å²) in [5.74, 6) is 0. The van der Waals surface area contributed by atoms with Crippen LogP contribution in [0, 0.1) is 5.41 Å². The third-order valence-electron chi connectivity index (χ3n) is 6.24. The molecule has 5 aromatic rings. The lowest BCUT2D eigenvalue weighted by molar-refractivity contribution is 0.711. The van der Waals surface area contributed by atoms with E-state index in [2.05, 4.69) is 124 Å². The largest absolute Gasteiger partial charge is 0.367 e. The van der Waals surface area contributed by atoms with Gasteiger partial charge in [0.15, 0.2) is 0 Å². The van der Waals surface area contributed by atoms with Gasteiger partial charge in [-0.2, -0.15) is 5.10 Å². The molecular weight excluding hydrogens is 543 g/mol. The molecule has 0 unspecified atom stereocenters. The van der Waals surface area contributed by atoms with E-state index < -0.39 is 5.54 Å². The first-order valence-corrected chi connectivity index (χ1v) is 12.5. The smallest absolute Gasteiger partial charge is 0.114 e. The number of aryl methyl sites for hydroxylation is 1. The Morgan fingerprint density at radius 3 is 1.71 bits per heavy atom. The van der Waals surface area contributed by atoms with Crippen molar-refractivity contribution in [1.29, 1.82) is 5.41 Å². The van der Waals surface area contributed by atoms with Crippen molar-refractivity contribution in [3.05, 3.63) is 144 Å². The average molecular weight is 568 g/mol. The summed E-state index contributed by atoms with van der Waals surface area (Å²) < 4.78 is 2.26. The van der Waals surface area contributed by atoms with Crippen LogP contribution < -0.4 is 5.32 Å². The third-order valence-corrected chi connectivity index (χ3v) is 6.82. The summed E-state index contributed by atoms with van der Waals surface area (Å²) in [7, 11) is 1.91. The highest BCUT2D eigenvalue weighted by molar-refractivity contribution is 14.1. The summed E-state index contributed by atoms with van der Waals surface area (Å²) >= 11 is 2.09. The predicted octanol–water partition coefficient (Wildman–Crippen LogP) is 7.25. The number of aromatic nitrogens is 2. The van der Waals surface area contributed by atoms with Gasteiger partial charge in [0.25, 0.3) is 0 Å². The fourth-order valence-electron chi connectivity index (χ4n) is 4.57. The van der Waals surface area contributed by atoms with Crippen molar-refractivity contribution >= 4 is 32.0 Å². The molecule has 0 bridgehead atoms. The Labute approximate surface area is 219 Å². The van der Waals surface area contributed by atoms with Crippen LogP contribution in [-0.4, -0.2) is 13.5 Å². The number of hydrogen-bond acceptors (Lipinski definition) is 3. The molecule has 2 N–H and O–H groups in total. The maximum atomic E-state index is 8.59. The van der Waals surface area contributed by atoms with Gasteiger partial charge in [0.1, 0.15) is 9.26 Å². The Kier molecular flexibility index (Phi) is 6.51. The second kappa shape index (κ2) is 9.88. The lowest BCUT2D eigenvalue weighted by Crippen LogP contribution is -2.38. The minimum Gasteiger partial charge on any atom is -0.367 e. The molecule has 1 heterocycles. The van der Waals surface area contributed by atoms with Crippen LogP contribution in [0.5, 0.6) is 0 Å². The molecule has 0 aliphatic carbocycles. The van der Waals surface area contributed by atoms with Crippen LogP contribution >= 0.6 is 22.6 Å². The van der Waals surface area contributed by atoms with Gasteiger partial charge in [0.05, 0.1) is 6.20 Å². The maximum Gasteiger partial charge on any atom is 0.114 e. The van der Waals surface area contributed by atoms with Crippen LogP contribution in [0.15, 0.2) is 122 Å². The molecule has 0 saturated heterocycles. The van der Waals surface area contributed by atoms with E-state index in [0.717, 1.165) is 39.1 Å². The predicted molar refractivity (Wildman–Crippen MR) is 152 cm³/mol. The van der Waals surface area contributed by atoms with Gasteiger partial charge in [0.2, 0.25) is 0 Å². The summed E-state index contributed by atoms with van der Waals surface area (Å²) in [5, 5.41) is 16.8. The van der Waals surface area contributed by atoms with Gasteiger partial charge in [-0.1, -0.05) is 97.1 Å². The zero-order valence-electron chi connectivity index (χ0n) is 19.3. The highest BCUT2D eigenvalue weighted by Gasteiger charge is 2.37. The summed E-state index contributed by atoms with van der Waals surface area (Å²) in [5.41, 5.74) is 6.52. The fourth-order valence-corrected chi connectivity index (χ4v) is 5.01. The molecule has 35 heavy (non-hydrogen) atoms. The Morgan fingerprint density at radius 2 is 1.29 bits per heavy atom. The molecule has 0 atom stereocenters. The summed E-state index contributed by atoms with van der Waals surface area (Å²) in [6, 6.07) is 37.8. The van der Waals surface area contributed by atoms with Crippen molar-refractivity contribution in [2.75, 3.05) is 5.32 Å². The van der Waals surface area contributed by atoms with Gasteiger partial charge in [-0.25, -0.2) is 0 Å². The van der Waals surface area contributed by atoms with Crippen molar-refractivity contribution < 1.29 is 0 Å². The maximum absolute atomic E-state index is 8.59. The summed E-state index contributed by atoms with van der Waals surface area (Å²) in [6.45, 7) is 0. The monoisotopic (exact) mass is 568 g/mol. The highest BCUT2D eigenvalue weighted by atomic mass is 127. The first-order valence-electron chi connectivity index (χ1n) is 11.4. The zero-order valence-corrected chi connectivity index (χ0v) is 21.5. The highest BCUT2D eigenvalue weighted by Crippen LogP contribution is 2.41. The number of hydrogen-bond donors (Lipinski definition) is 2. The Morgan fingerprint density at radius 1 is 0.771 bits per heavy atom. The number of nitrogens with zero attached hydrogens (tertiary/aromatic N) is 2. The van der Waals surface area contributed by atoms with E-state index in [4.69, 9.17) is 5.41 Å². The normalized spacial score (nSPS) is 11.3. The molecule has 0 amide bonds. The van der Waals surface area contributed by atoms with Gasteiger partial charge in [-0.15, -0.1) is 0 Å². The van der Waals surface area contributed by atoms with E-state index in [1.165, 1.54) is 0 Å². The fraction of sp³-hybridized carbons (Fsp3) is 0.0667. The van der Waals surface area contributed by atoms with E-state index >= 15 is 0 Å². The van der Waals surface area contributed by atoms with Crippen molar-refractivity contribution in [3.8, 4) is 11.1 Å². The Bertz CT molecular complexity index is 1350. The molecule has 5 rings (SSSR count). The van der Waals surface area contributed by atoms with Crippen molar-refractivity contribution in [2.45, 2.75) is 5.54 Å². The van der Waals surface area contributed by atoms with Crippen molar-refractivity contribution in [1.82, 2.24) is 9.78 Å². The molecule has 5 heteroatoms. The molecule has 0 radical (unpaired) electrons. The molecule has 4 aromatic carbocycles. The molecular formula is C30H25IN4. The van der Waals surface area contributed by atoms with E-state index in [9.17, 15) is 0 Å². The second-order valence-electron chi connectivity index (χ2n) is 8.45. The number of nitrogens with one attached hydrogen (secondary N) is 2. The second-order valence-corrected chi connectivity index (χ2v) is 9.53. The zero-order chi connectivity index (χ0) is 24.3. The van der Waals surface area contributed by atoms with Crippen LogP contribution in [0.1, 0.15) is 22.3 Å². The van der Waals surface area contributed by atoms with E-state index in [1.807, 2.05) is 37.6 Å². The van der Waals surface area contributed by atoms with Crippen LogP contribution in [-0.2, 0) is 12.6 Å². The van der Waals surface area contributed by atoms with E-state index in [-0.39, 0.29) is 0 Å². The number of benzene rings is 4. The van der Waals surface area contributed by atoms with Crippen molar-refractivity contribution in [3.63, 3.8) is 0 Å². The lowest BCUT2D eigenvalue weighted by Gasteiger charge is -2.38. The first kappa shape index (κ1) is 23.1. The van der Waals surface area contributed by atoms with Gasteiger partial charge >= 0.3 is 0 Å². The van der Waals surface area contributed by atoms with Gasteiger partial charge in [-0.3, -0.25) is 10.1 Å². The number of anilines is 1. The van der Waals surface area contributed by atoms with E-state index in [0.29, 0.717) is 3.72 Å². The van der Waals surface area contributed by atoms with Gasteiger partial charge in [0, 0.05) is 30.1 Å². The summed E-state index contributed by atoms with van der Waals surface area (Å²) in [4.78, 5) is 0. The van der Waals surface area contributed by atoms with Gasteiger partial charge < -0.3 is 5.32 Å². The topological polar surface area (TPSA) is 53.7 Å². The standard InChI is InChI=1S/C30H25IN4/c1-35-21-23(20-33-35)22-17-18-28(27(19-22)29(31)32)34-30(24-11-5-2-6-12-24,25-13-7-3-8-14-25)26-15-9-4-10-16-26/h2-21,32,34H,1H3. The third kappa shape index (κ3) is 4.51. The van der Waals surface area contributed by atoms with Gasteiger partial charge in [-0.05, 0) is 57.0 Å². The molecule has 1 aromatic heterocycles. The molecule has 0 fully saturated rings. The quantitative estimate of drug-likeness (QED) is 0.124. The first-order chi connectivity index (χ1) is 17.1. The van der Waals surface area contributed by atoms with Crippen LogP contribution in [0.3, 0.4) is 0 Å². The van der Waals surface area contributed by atoms with Crippen LogP contribution in [0.2, 0.25) is 0 Å². The summed E-state index contributed by atoms with van der Waals surface area (Å²) in [6.07, 6.45) is 3.84. The van der Waals surface area contributed by atoms with E-state index in [1.54, 1.807) is 4.68 Å². The molecule has 0 saturated carbocycles. The molecule has 0 aliphatic rings. The molecule has 0 spiro atoms. The Balaban J connectivity index is 1.74.